The molecular weight excluding hydrogens is 156 g/mol. The van der Waals surface area contributed by atoms with E-state index in [-0.39, 0.29) is 0 Å². The molecule has 0 fully saturated rings. The average Bonchev–Trinajstić information content (AvgIpc) is 2.09. The van der Waals surface area contributed by atoms with Gasteiger partial charge in [0.05, 0.1) is 0 Å². The Morgan fingerprint density at radius 1 is 1.15 bits per heavy atom. The molecule has 0 aliphatic heterocycles. The summed E-state index contributed by atoms with van der Waals surface area (Å²) >= 11 is 0. The van der Waals surface area contributed by atoms with Gasteiger partial charge < -0.3 is 0 Å². The molecule has 13 heavy (non-hydrogen) atoms. The molecule has 0 radical (unpaired) electrons. The normalized spacial score (nSPS) is 12.4. The van der Waals surface area contributed by atoms with Gasteiger partial charge in [0, 0.05) is 0 Å². The Morgan fingerprint density at radius 3 is 2.31 bits per heavy atom. The summed E-state index contributed by atoms with van der Waals surface area (Å²) in [4.78, 5) is 0. The van der Waals surface area contributed by atoms with Crippen molar-refractivity contribution in [2.24, 2.45) is 0 Å². The second kappa shape index (κ2) is 4.66. The zero-order valence-corrected chi connectivity index (χ0v) is 8.54. The highest BCUT2D eigenvalue weighted by Gasteiger charge is 1.87. The predicted octanol–water partition coefficient (Wildman–Crippen LogP) is 3.97. The van der Waals surface area contributed by atoms with Crippen LogP contribution in [0.2, 0.25) is 0 Å². The van der Waals surface area contributed by atoms with Crippen LogP contribution in [-0.4, -0.2) is 0 Å². The lowest BCUT2D eigenvalue weighted by atomic mass is 10.1. The van der Waals surface area contributed by atoms with Crippen LogP contribution in [0.15, 0.2) is 42.0 Å². The minimum atomic E-state index is 1.27. The molecule has 0 heterocycles. The second-order valence-corrected chi connectivity index (χ2v) is 3.30. The zero-order valence-electron chi connectivity index (χ0n) is 8.54. The molecule has 0 spiro atoms. The number of aryl methyl sites for hydroxylation is 1. The van der Waals surface area contributed by atoms with Gasteiger partial charge >= 0.3 is 0 Å². The fourth-order valence-electron chi connectivity index (χ4n) is 1.24. The molecule has 0 amide bonds. The van der Waals surface area contributed by atoms with Gasteiger partial charge in [-0.25, -0.2) is 0 Å². The molecule has 1 rings (SSSR count). The quantitative estimate of drug-likeness (QED) is 0.592. The van der Waals surface area contributed by atoms with Gasteiger partial charge in [0.25, 0.3) is 0 Å². The van der Waals surface area contributed by atoms with Crippen molar-refractivity contribution >= 4 is 6.08 Å². The van der Waals surface area contributed by atoms with Crippen molar-refractivity contribution in [2.45, 2.75) is 20.8 Å². The third-order valence-corrected chi connectivity index (χ3v) is 1.90. The maximum absolute atomic E-state index is 2.18. The Balaban J connectivity index is 2.85. The van der Waals surface area contributed by atoms with Crippen molar-refractivity contribution in [2.75, 3.05) is 0 Å². The number of hydrogen-bond donors (Lipinski definition) is 0. The molecule has 0 unspecified atom stereocenters. The summed E-state index contributed by atoms with van der Waals surface area (Å²) in [5.74, 6) is 0. The molecule has 1 aromatic carbocycles. The molecule has 0 N–H and O–H groups in total. The van der Waals surface area contributed by atoms with Crippen LogP contribution in [-0.2, 0) is 0 Å². The SMILES string of the molecule is C/C=C/C(C)=C/c1ccc(C)cc1. The van der Waals surface area contributed by atoms with Gasteiger partial charge in [-0.1, -0.05) is 53.6 Å². The van der Waals surface area contributed by atoms with Crippen LogP contribution < -0.4 is 0 Å². The van der Waals surface area contributed by atoms with E-state index in [1.165, 1.54) is 16.7 Å². The first-order valence-electron chi connectivity index (χ1n) is 4.60. The monoisotopic (exact) mass is 172 g/mol. The predicted molar refractivity (Wildman–Crippen MR) is 59.6 cm³/mol. The molecule has 1 aromatic rings. The van der Waals surface area contributed by atoms with Crippen LogP contribution >= 0.6 is 0 Å². The molecule has 0 atom stereocenters. The van der Waals surface area contributed by atoms with Gasteiger partial charge in [-0.2, -0.15) is 0 Å². The first kappa shape index (κ1) is 9.79. The maximum atomic E-state index is 2.18. The molecule has 0 aromatic heterocycles. The van der Waals surface area contributed by atoms with E-state index in [0.717, 1.165) is 0 Å². The molecule has 0 aliphatic carbocycles. The van der Waals surface area contributed by atoms with E-state index in [9.17, 15) is 0 Å². The fourth-order valence-corrected chi connectivity index (χ4v) is 1.24. The van der Waals surface area contributed by atoms with Gasteiger partial charge in [0.15, 0.2) is 0 Å². The molecule has 0 bridgehead atoms. The maximum Gasteiger partial charge on any atom is -0.0254 e. The van der Waals surface area contributed by atoms with E-state index in [4.69, 9.17) is 0 Å². The summed E-state index contributed by atoms with van der Waals surface area (Å²) in [7, 11) is 0. The fraction of sp³-hybridized carbons (Fsp3) is 0.231. The molecule has 0 nitrogen and oxygen atoms in total. The van der Waals surface area contributed by atoms with Crippen molar-refractivity contribution in [1.29, 1.82) is 0 Å². The second-order valence-electron chi connectivity index (χ2n) is 3.30. The highest BCUT2D eigenvalue weighted by Crippen LogP contribution is 2.08. The third kappa shape index (κ3) is 3.29. The van der Waals surface area contributed by atoms with Crippen molar-refractivity contribution in [1.82, 2.24) is 0 Å². The van der Waals surface area contributed by atoms with Gasteiger partial charge in [0.1, 0.15) is 0 Å². The standard InChI is InChI=1S/C13H16/c1-4-5-12(3)10-13-8-6-11(2)7-9-13/h4-10H,1-3H3/b5-4+,12-10+. The Bertz CT molecular complexity index is 312. The first-order chi connectivity index (χ1) is 6.22. The largest absolute Gasteiger partial charge is 0.0874 e. The number of rotatable bonds is 2. The van der Waals surface area contributed by atoms with Crippen LogP contribution in [0.3, 0.4) is 0 Å². The number of allylic oxidation sites excluding steroid dienone is 3. The lowest BCUT2D eigenvalue weighted by Crippen LogP contribution is -1.75. The molecule has 0 saturated heterocycles. The topological polar surface area (TPSA) is 0 Å². The minimum Gasteiger partial charge on any atom is -0.0874 e. The van der Waals surface area contributed by atoms with Gasteiger partial charge in [-0.15, -0.1) is 0 Å². The van der Waals surface area contributed by atoms with Gasteiger partial charge in [0.2, 0.25) is 0 Å². The molecule has 0 saturated carbocycles. The zero-order chi connectivity index (χ0) is 9.68. The van der Waals surface area contributed by atoms with Crippen LogP contribution in [0.1, 0.15) is 25.0 Å². The van der Waals surface area contributed by atoms with E-state index in [0.29, 0.717) is 0 Å². The van der Waals surface area contributed by atoms with Gasteiger partial charge in [-0.05, 0) is 26.3 Å². The van der Waals surface area contributed by atoms with Crippen LogP contribution in [0.25, 0.3) is 6.08 Å². The lowest BCUT2D eigenvalue weighted by Gasteiger charge is -1.96. The van der Waals surface area contributed by atoms with Crippen molar-refractivity contribution < 1.29 is 0 Å². The van der Waals surface area contributed by atoms with Crippen molar-refractivity contribution in [3.8, 4) is 0 Å². The smallest absolute Gasteiger partial charge is 0.0254 e. The summed E-state index contributed by atoms with van der Waals surface area (Å²) < 4.78 is 0. The van der Waals surface area contributed by atoms with E-state index in [1.54, 1.807) is 0 Å². The van der Waals surface area contributed by atoms with Crippen LogP contribution in [0, 0.1) is 6.92 Å². The molecule has 0 heteroatoms. The van der Waals surface area contributed by atoms with E-state index >= 15 is 0 Å². The van der Waals surface area contributed by atoms with E-state index < -0.39 is 0 Å². The number of hydrogen-bond acceptors (Lipinski definition) is 0. The summed E-state index contributed by atoms with van der Waals surface area (Å²) in [6, 6.07) is 8.55. The van der Waals surface area contributed by atoms with Crippen molar-refractivity contribution in [3.05, 3.63) is 53.1 Å². The Morgan fingerprint density at radius 2 is 1.77 bits per heavy atom. The summed E-state index contributed by atoms with van der Waals surface area (Å²) in [6.07, 6.45) is 6.35. The summed E-state index contributed by atoms with van der Waals surface area (Å²) in [5.41, 5.74) is 3.85. The summed E-state index contributed by atoms with van der Waals surface area (Å²) in [5, 5.41) is 0. The van der Waals surface area contributed by atoms with Crippen LogP contribution in [0.5, 0.6) is 0 Å². The minimum absolute atomic E-state index is 1.27. The van der Waals surface area contributed by atoms with Crippen LogP contribution in [0.4, 0.5) is 0 Å². The Hall–Kier alpha value is -1.30. The Kier molecular flexibility index (Phi) is 3.51. The first-order valence-corrected chi connectivity index (χ1v) is 4.60. The average molecular weight is 172 g/mol. The van der Waals surface area contributed by atoms with E-state index in [2.05, 4.69) is 56.3 Å². The highest BCUT2D eigenvalue weighted by molar-refractivity contribution is 5.55. The Labute approximate surface area is 80.6 Å². The number of benzene rings is 1. The molecule has 68 valence electrons. The lowest BCUT2D eigenvalue weighted by molar-refractivity contribution is 1.45. The molecular formula is C13H16. The highest BCUT2D eigenvalue weighted by atomic mass is 13.9. The molecule has 0 aliphatic rings. The summed E-state index contributed by atoms with van der Waals surface area (Å²) in [6.45, 7) is 6.25. The third-order valence-electron chi connectivity index (χ3n) is 1.90. The van der Waals surface area contributed by atoms with E-state index in [1.807, 2.05) is 6.92 Å². The van der Waals surface area contributed by atoms with Gasteiger partial charge in [-0.3, -0.25) is 0 Å². The van der Waals surface area contributed by atoms with Crippen molar-refractivity contribution in [3.63, 3.8) is 0 Å².